The van der Waals surface area contributed by atoms with E-state index in [1.54, 1.807) is 0 Å². The van der Waals surface area contributed by atoms with E-state index < -0.39 is 0 Å². The van der Waals surface area contributed by atoms with Gasteiger partial charge in [-0.05, 0) is 18.3 Å². The molecule has 0 radical (unpaired) electrons. The van der Waals surface area contributed by atoms with Gasteiger partial charge in [0.05, 0.1) is 19.6 Å². The van der Waals surface area contributed by atoms with Crippen LogP contribution in [0.15, 0.2) is 0 Å². The van der Waals surface area contributed by atoms with Crippen LogP contribution in [-0.2, 0) is 9.53 Å². The first-order valence-electron chi connectivity index (χ1n) is 6.67. The number of nitrogens with zero attached hydrogens (tertiary/aromatic N) is 1. The van der Waals surface area contributed by atoms with Gasteiger partial charge in [-0.1, -0.05) is 20.3 Å². The second kappa shape index (κ2) is 6.97. The smallest absolute Gasteiger partial charge is 0.224 e. The predicted octanol–water partition coefficient (Wildman–Crippen LogP) is 1.39. The van der Waals surface area contributed by atoms with Crippen LogP contribution < -0.4 is 5.73 Å². The van der Waals surface area contributed by atoms with Crippen molar-refractivity contribution < 1.29 is 9.53 Å². The Labute approximate surface area is 104 Å². The molecule has 1 aliphatic heterocycles. The molecule has 0 saturated carbocycles. The highest BCUT2D eigenvalue weighted by atomic mass is 16.5. The van der Waals surface area contributed by atoms with Crippen molar-refractivity contribution >= 4 is 5.91 Å². The molecule has 0 spiro atoms. The predicted molar refractivity (Wildman–Crippen MR) is 68.7 cm³/mol. The molecule has 1 saturated heterocycles. The van der Waals surface area contributed by atoms with Gasteiger partial charge in [0.2, 0.25) is 5.91 Å². The summed E-state index contributed by atoms with van der Waals surface area (Å²) < 4.78 is 5.23. The Kier molecular flexibility index (Phi) is 5.92. The van der Waals surface area contributed by atoms with Crippen LogP contribution in [0.2, 0.25) is 0 Å². The second-order valence-electron chi connectivity index (χ2n) is 5.20. The van der Waals surface area contributed by atoms with Crippen molar-refractivity contribution in [3.05, 3.63) is 0 Å². The summed E-state index contributed by atoms with van der Waals surface area (Å²) in [6, 6.07) is 0. The highest BCUT2D eigenvalue weighted by Gasteiger charge is 2.29. The first-order chi connectivity index (χ1) is 8.11. The van der Waals surface area contributed by atoms with Crippen molar-refractivity contribution in [1.29, 1.82) is 0 Å². The Balaban J connectivity index is 2.22. The van der Waals surface area contributed by atoms with Crippen molar-refractivity contribution in [2.75, 3.05) is 32.8 Å². The fourth-order valence-corrected chi connectivity index (χ4v) is 2.15. The lowest BCUT2D eigenvalue weighted by Gasteiger charge is -2.39. The fraction of sp³-hybridized carbons (Fsp3) is 0.923. The van der Waals surface area contributed by atoms with Crippen LogP contribution in [0.5, 0.6) is 0 Å². The van der Waals surface area contributed by atoms with E-state index in [-0.39, 0.29) is 5.91 Å². The Morgan fingerprint density at radius 2 is 2.00 bits per heavy atom. The molecular weight excluding hydrogens is 216 g/mol. The summed E-state index contributed by atoms with van der Waals surface area (Å²) >= 11 is 0. The van der Waals surface area contributed by atoms with Crippen LogP contribution in [0.25, 0.3) is 0 Å². The summed E-state index contributed by atoms with van der Waals surface area (Å²) in [5, 5.41) is 0. The van der Waals surface area contributed by atoms with Gasteiger partial charge >= 0.3 is 0 Å². The minimum Gasteiger partial charge on any atom is -0.380 e. The van der Waals surface area contributed by atoms with Gasteiger partial charge in [0.25, 0.3) is 0 Å². The van der Waals surface area contributed by atoms with Gasteiger partial charge in [-0.15, -0.1) is 0 Å². The van der Waals surface area contributed by atoms with Gasteiger partial charge < -0.3 is 15.4 Å². The maximum absolute atomic E-state index is 11.9. The van der Waals surface area contributed by atoms with Crippen LogP contribution >= 0.6 is 0 Å². The van der Waals surface area contributed by atoms with Gasteiger partial charge in [-0.3, -0.25) is 4.79 Å². The van der Waals surface area contributed by atoms with E-state index in [0.717, 1.165) is 25.9 Å². The monoisotopic (exact) mass is 242 g/mol. The molecule has 0 bridgehead atoms. The summed E-state index contributed by atoms with van der Waals surface area (Å²) in [6.07, 6.45) is 3.94. The molecule has 0 aromatic heterocycles. The average molecular weight is 242 g/mol. The van der Waals surface area contributed by atoms with Crippen molar-refractivity contribution in [2.45, 2.75) is 39.5 Å². The lowest BCUT2D eigenvalue weighted by molar-refractivity contribution is -0.134. The van der Waals surface area contributed by atoms with E-state index in [1.807, 2.05) is 4.90 Å². The van der Waals surface area contributed by atoms with Crippen molar-refractivity contribution in [1.82, 2.24) is 4.90 Å². The van der Waals surface area contributed by atoms with E-state index in [9.17, 15) is 4.79 Å². The third-order valence-electron chi connectivity index (χ3n) is 3.90. The maximum atomic E-state index is 11.9. The molecular formula is C13H26N2O2. The van der Waals surface area contributed by atoms with Gasteiger partial charge in [-0.25, -0.2) is 0 Å². The number of hydrogen-bond donors (Lipinski definition) is 1. The molecule has 1 amide bonds. The molecule has 0 aromatic carbocycles. The third kappa shape index (κ3) is 4.64. The molecule has 0 unspecified atom stereocenters. The van der Waals surface area contributed by atoms with Crippen molar-refractivity contribution in [2.24, 2.45) is 11.1 Å². The number of amides is 1. The molecule has 0 aliphatic carbocycles. The van der Waals surface area contributed by atoms with Crippen LogP contribution in [0, 0.1) is 5.41 Å². The maximum Gasteiger partial charge on any atom is 0.224 e. The number of carbonyl (C=O) groups is 1. The number of rotatable bonds is 6. The summed E-state index contributed by atoms with van der Waals surface area (Å²) in [7, 11) is 0. The Morgan fingerprint density at radius 1 is 1.35 bits per heavy atom. The summed E-state index contributed by atoms with van der Waals surface area (Å²) in [5.74, 6) is 0.222. The largest absolute Gasteiger partial charge is 0.380 e. The fourth-order valence-electron chi connectivity index (χ4n) is 2.15. The zero-order valence-corrected chi connectivity index (χ0v) is 11.2. The number of ether oxygens (including phenoxy) is 1. The molecule has 0 atom stereocenters. The normalized spacial score (nSPS) is 19.4. The summed E-state index contributed by atoms with van der Waals surface area (Å²) in [5.41, 5.74) is 5.75. The summed E-state index contributed by atoms with van der Waals surface area (Å²) in [4.78, 5) is 13.9. The Morgan fingerprint density at radius 3 is 2.53 bits per heavy atom. The van der Waals surface area contributed by atoms with Gasteiger partial charge in [0.1, 0.15) is 0 Å². The molecule has 17 heavy (non-hydrogen) atoms. The minimum atomic E-state index is 0.222. The Hall–Kier alpha value is -0.610. The first kappa shape index (κ1) is 14.5. The molecule has 4 nitrogen and oxygen atoms in total. The molecule has 100 valence electrons. The second-order valence-corrected chi connectivity index (χ2v) is 5.20. The van der Waals surface area contributed by atoms with E-state index in [2.05, 4.69) is 13.8 Å². The van der Waals surface area contributed by atoms with E-state index >= 15 is 0 Å². The van der Waals surface area contributed by atoms with Crippen molar-refractivity contribution in [3.8, 4) is 0 Å². The van der Waals surface area contributed by atoms with E-state index in [1.165, 1.54) is 6.42 Å². The van der Waals surface area contributed by atoms with Crippen LogP contribution in [0.4, 0.5) is 0 Å². The molecule has 4 heteroatoms. The zero-order chi connectivity index (χ0) is 12.7. The lowest BCUT2D eigenvalue weighted by atomic mass is 9.78. The van der Waals surface area contributed by atoms with Gasteiger partial charge in [-0.2, -0.15) is 0 Å². The summed E-state index contributed by atoms with van der Waals surface area (Å²) in [6.45, 7) is 7.92. The number of likely N-dealkylation sites (tertiary alicyclic amines) is 1. The molecule has 1 aliphatic rings. The zero-order valence-electron chi connectivity index (χ0n) is 11.2. The third-order valence-corrected chi connectivity index (χ3v) is 3.90. The minimum absolute atomic E-state index is 0.222. The van der Waals surface area contributed by atoms with Crippen LogP contribution in [0.3, 0.4) is 0 Å². The number of piperidine rings is 1. The molecule has 1 heterocycles. The highest BCUT2D eigenvalue weighted by molar-refractivity contribution is 5.76. The standard InChI is InChI=1S/C13H26N2O2/c1-3-13(2)5-8-15(9-6-13)12(16)4-10-17-11-7-14/h3-11,14H2,1-2H3. The first-order valence-corrected chi connectivity index (χ1v) is 6.67. The lowest BCUT2D eigenvalue weighted by Crippen LogP contribution is -2.42. The molecule has 2 N–H and O–H groups in total. The number of hydrogen-bond acceptors (Lipinski definition) is 3. The number of carbonyl (C=O) groups excluding carboxylic acids is 1. The molecule has 0 aromatic rings. The molecule has 1 rings (SSSR count). The van der Waals surface area contributed by atoms with Gasteiger partial charge in [0.15, 0.2) is 0 Å². The average Bonchev–Trinajstić information content (AvgIpc) is 2.35. The quantitative estimate of drug-likeness (QED) is 0.716. The Bertz CT molecular complexity index is 236. The van der Waals surface area contributed by atoms with Crippen molar-refractivity contribution in [3.63, 3.8) is 0 Å². The SMILES string of the molecule is CCC1(C)CCN(C(=O)CCOCCN)CC1. The number of nitrogens with two attached hydrogens (primary N) is 1. The topological polar surface area (TPSA) is 55.6 Å². The van der Waals surface area contributed by atoms with Crippen LogP contribution in [0.1, 0.15) is 39.5 Å². The van der Waals surface area contributed by atoms with Crippen LogP contribution in [-0.4, -0.2) is 43.7 Å². The molecule has 1 fully saturated rings. The van der Waals surface area contributed by atoms with E-state index in [0.29, 0.717) is 31.6 Å². The van der Waals surface area contributed by atoms with Gasteiger partial charge in [0, 0.05) is 19.6 Å². The highest BCUT2D eigenvalue weighted by Crippen LogP contribution is 2.33. The van der Waals surface area contributed by atoms with E-state index in [4.69, 9.17) is 10.5 Å².